The number of aliphatic carboxylic acids is 1. The van der Waals surface area contributed by atoms with Crippen molar-refractivity contribution in [1.29, 1.82) is 0 Å². The average molecular weight is 220 g/mol. The lowest BCUT2D eigenvalue weighted by Gasteiger charge is -2.07. The zero-order chi connectivity index (χ0) is 11.0. The SMILES string of the molecule is Cc1cc2cccc(C(C)C(=O)O)c2s1. The van der Waals surface area contributed by atoms with Crippen LogP contribution in [0.1, 0.15) is 23.3 Å². The molecule has 1 aromatic heterocycles. The number of hydrogen-bond acceptors (Lipinski definition) is 2. The summed E-state index contributed by atoms with van der Waals surface area (Å²) in [4.78, 5) is 12.2. The van der Waals surface area contributed by atoms with Gasteiger partial charge in [-0.05, 0) is 30.9 Å². The molecule has 0 aliphatic rings. The highest BCUT2D eigenvalue weighted by Crippen LogP contribution is 2.32. The molecule has 0 radical (unpaired) electrons. The van der Waals surface area contributed by atoms with Crippen molar-refractivity contribution in [3.63, 3.8) is 0 Å². The highest BCUT2D eigenvalue weighted by molar-refractivity contribution is 7.19. The van der Waals surface area contributed by atoms with Gasteiger partial charge in [-0.1, -0.05) is 18.2 Å². The summed E-state index contributed by atoms with van der Waals surface area (Å²) >= 11 is 1.66. The summed E-state index contributed by atoms with van der Waals surface area (Å²) < 4.78 is 1.10. The summed E-state index contributed by atoms with van der Waals surface area (Å²) in [6, 6.07) is 7.94. The normalized spacial score (nSPS) is 12.9. The average Bonchev–Trinajstić information content (AvgIpc) is 2.56. The highest BCUT2D eigenvalue weighted by atomic mass is 32.1. The maximum Gasteiger partial charge on any atom is 0.310 e. The maximum atomic E-state index is 11.0. The van der Waals surface area contributed by atoms with Gasteiger partial charge in [0.05, 0.1) is 5.92 Å². The lowest BCUT2D eigenvalue weighted by atomic mass is 10.0. The van der Waals surface area contributed by atoms with E-state index in [-0.39, 0.29) is 0 Å². The van der Waals surface area contributed by atoms with Gasteiger partial charge in [0, 0.05) is 9.58 Å². The third-order valence-corrected chi connectivity index (χ3v) is 3.65. The molecule has 1 unspecified atom stereocenters. The van der Waals surface area contributed by atoms with E-state index in [1.165, 1.54) is 4.88 Å². The lowest BCUT2D eigenvalue weighted by molar-refractivity contribution is -0.138. The van der Waals surface area contributed by atoms with Crippen molar-refractivity contribution < 1.29 is 9.90 Å². The van der Waals surface area contributed by atoms with Crippen molar-refractivity contribution in [2.75, 3.05) is 0 Å². The van der Waals surface area contributed by atoms with Crippen LogP contribution in [0.4, 0.5) is 0 Å². The molecule has 1 heterocycles. The number of carboxylic acid groups (broad SMARTS) is 1. The lowest BCUT2D eigenvalue weighted by Crippen LogP contribution is -2.07. The van der Waals surface area contributed by atoms with Crippen molar-refractivity contribution >= 4 is 27.4 Å². The van der Waals surface area contributed by atoms with Gasteiger partial charge >= 0.3 is 5.97 Å². The number of aryl methyl sites for hydroxylation is 1. The minimum absolute atomic E-state index is 0.438. The first-order valence-corrected chi connectivity index (χ1v) is 5.63. The molecule has 0 spiro atoms. The van der Waals surface area contributed by atoms with Crippen LogP contribution >= 0.6 is 11.3 Å². The van der Waals surface area contributed by atoms with E-state index < -0.39 is 11.9 Å². The van der Waals surface area contributed by atoms with E-state index >= 15 is 0 Å². The summed E-state index contributed by atoms with van der Waals surface area (Å²) in [5.74, 6) is -1.21. The first-order chi connectivity index (χ1) is 7.09. The Balaban J connectivity index is 2.64. The number of carboxylic acids is 1. The summed E-state index contributed by atoms with van der Waals surface area (Å²) in [6.07, 6.45) is 0. The molecule has 0 amide bonds. The molecule has 0 aliphatic heterocycles. The van der Waals surface area contributed by atoms with Crippen LogP contribution < -0.4 is 0 Å². The predicted octanol–water partition coefficient (Wildman–Crippen LogP) is 3.40. The van der Waals surface area contributed by atoms with Crippen molar-refractivity contribution in [3.8, 4) is 0 Å². The Morgan fingerprint density at radius 1 is 1.47 bits per heavy atom. The van der Waals surface area contributed by atoms with Crippen LogP contribution in [0.15, 0.2) is 24.3 Å². The molecule has 1 aromatic carbocycles. The summed E-state index contributed by atoms with van der Waals surface area (Å²) in [6.45, 7) is 3.77. The van der Waals surface area contributed by atoms with E-state index in [0.29, 0.717) is 0 Å². The summed E-state index contributed by atoms with van der Waals surface area (Å²) in [7, 11) is 0. The van der Waals surface area contributed by atoms with Crippen LogP contribution in [-0.2, 0) is 4.79 Å². The van der Waals surface area contributed by atoms with Gasteiger partial charge in [0.25, 0.3) is 0 Å². The molecular formula is C12H12O2S. The van der Waals surface area contributed by atoms with Gasteiger partial charge in [-0.2, -0.15) is 0 Å². The van der Waals surface area contributed by atoms with Gasteiger partial charge < -0.3 is 5.11 Å². The van der Waals surface area contributed by atoms with Gasteiger partial charge in [0.15, 0.2) is 0 Å². The fourth-order valence-corrected chi connectivity index (χ4v) is 2.80. The number of hydrogen-bond donors (Lipinski definition) is 1. The Bertz CT molecular complexity index is 513. The van der Waals surface area contributed by atoms with Gasteiger partial charge in [0.2, 0.25) is 0 Å². The van der Waals surface area contributed by atoms with Crippen molar-refractivity contribution in [1.82, 2.24) is 0 Å². The number of rotatable bonds is 2. The molecule has 2 nitrogen and oxygen atoms in total. The van der Waals surface area contributed by atoms with Crippen LogP contribution in [0, 0.1) is 6.92 Å². The van der Waals surface area contributed by atoms with Gasteiger partial charge in [0.1, 0.15) is 0 Å². The topological polar surface area (TPSA) is 37.3 Å². The Labute approximate surface area is 92.2 Å². The predicted molar refractivity (Wildman–Crippen MR) is 62.6 cm³/mol. The second kappa shape index (κ2) is 3.66. The van der Waals surface area contributed by atoms with Crippen LogP contribution in [0.2, 0.25) is 0 Å². The fourth-order valence-electron chi connectivity index (χ4n) is 1.69. The fraction of sp³-hybridized carbons (Fsp3) is 0.250. The molecule has 2 rings (SSSR count). The van der Waals surface area contributed by atoms with Crippen molar-refractivity contribution in [2.24, 2.45) is 0 Å². The molecule has 1 N–H and O–H groups in total. The molecule has 0 aliphatic carbocycles. The molecular weight excluding hydrogens is 208 g/mol. The minimum atomic E-state index is -0.770. The Hall–Kier alpha value is -1.35. The van der Waals surface area contributed by atoms with Crippen LogP contribution in [0.3, 0.4) is 0 Å². The number of carbonyl (C=O) groups is 1. The van der Waals surface area contributed by atoms with E-state index in [4.69, 9.17) is 5.11 Å². The monoisotopic (exact) mass is 220 g/mol. The van der Waals surface area contributed by atoms with Gasteiger partial charge in [-0.25, -0.2) is 0 Å². The molecule has 15 heavy (non-hydrogen) atoms. The quantitative estimate of drug-likeness (QED) is 0.842. The second-order valence-electron chi connectivity index (χ2n) is 3.68. The number of fused-ring (bicyclic) bond motifs is 1. The molecule has 0 fully saturated rings. The van der Waals surface area contributed by atoms with Crippen LogP contribution in [-0.4, -0.2) is 11.1 Å². The van der Waals surface area contributed by atoms with Crippen LogP contribution in [0.5, 0.6) is 0 Å². The standard InChI is InChI=1S/C12H12O2S/c1-7-6-9-4-3-5-10(11(9)15-7)8(2)12(13)14/h3-6,8H,1-2H3,(H,13,14). The largest absolute Gasteiger partial charge is 0.481 e. The van der Waals surface area contributed by atoms with Crippen LogP contribution in [0.25, 0.3) is 10.1 Å². The first kappa shape index (κ1) is 10.2. The third kappa shape index (κ3) is 1.75. The number of benzene rings is 1. The zero-order valence-electron chi connectivity index (χ0n) is 8.65. The molecule has 78 valence electrons. The molecule has 1 atom stereocenters. The number of thiophene rings is 1. The molecule has 3 heteroatoms. The van der Waals surface area contributed by atoms with Gasteiger partial charge in [-0.3, -0.25) is 4.79 Å². The Kier molecular flexibility index (Phi) is 2.49. The first-order valence-electron chi connectivity index (χ1n) is 4.81. The smallest absolute Gasteiger partial charge is 0.310 e. The van der Waals surface area contributed by atoms with E-state index in [0.717, 1.165) is 15.6 Å². The van der Waals surface area contributed by atoms with E-state index in [9.17, 15) is 4.79 Å². The highest BCUT2D eigenvalue weighted by Gasteiger charge is 2.17. The zero-order valence-corrected chi connectivity index (χ0v) is 9.47. The van der Waals surface area contributed by atoms with Crippen molar-refractivity contribution in [2.45, 2.75) is 19.8 Å². The maximum absolute atomic E-state index is 11.0. The van der Waals surface area contributed by atoms with E-state index in [1.54, 1.807) is 18.3 Å². The minimum Gasteiger partial charge on any atom is -0.481 e. The Morgan fingerprint density at radius 2 is 2.20 bits per heavy atom. The summed E-state index contributed by atoms with van der Waals surface area (Å²) in [5.41, 5.74) is 0.915. The molecule has 2 aromatic rings. The van der Waals surface area contributed by atoms with E-state index in [2.05, 4.69) is 6.07 Å². The van der Waals surface area contributed by atoms with Crippen molar-refractivity contribution in [3.05, 3.63) is 34.7 Å². The molecule has 0 bridgehead atoms. The van der Waals surface area contributed by atoms with E-state index in [1.807, 2.05) is 25.1 Å². The third-order valence-electron chi connectivity index (χ3n) is 2.53. The van der Waals surface area contributed by atoms with Gasteiger partial charge in [-0.15, -0.1) is 11.3 Å². The summed E-state index contributed by atoms with van der Waals surface area (Å²) in [5, 5.41) is 10.1. The second-order valence-corrected chi connectivity index (χ2v) is 4.94. The Morgan fingerprint density at radius 3 is 2.87 bits per heavy atom. The molecule has 0 saturated heterocycles. The molecule has 0 saturated carbocycles.